The molecule has 170 valence electrons. The van der Waals surface area contributed by atoms with Gasteiger partial charge in [0.25, 0.3) is 0 Å². The minimum atomic E-state index is -4.51. The van der Waals surface area contributed by atoms with Gasteiger partial charge in [0, 0.05) is 11.5 Å². The lowest BCUT2D eigenvalue weighted by Gasteiger charge is -2.22. The van der Waals surface area contributed by atoms with Crippen LogP contribution >= 0.6 is 0 Å². The third kappa shape index (κ3) is 5.69. The lowest BCUT2D eigenvalue weighted by Crippen LogP contribution is -2.24. The topological polar surface area (TPSA) is 33.1 Å². The van der Waals surface area contributed by atoms with Gasteiger partial charge in [-0.05, 0) is 60.2 Å². The van der Waals surface area contributed by atoms with E-state index in [1.54, 1.807) is 30.3 Å². The molecule has 3 aromatic carbocycles. The molecule has 1 atom stereocenters. The Hall–Kier alpha value is -3.29. The van der Waals surface area contributed by atoms with Crippen molar-refractivity contribution >= 4 is 6.72 Å². The standard InChI is InChI=1S/C23H18F6O.CH3N/c1-30-21-12-15(7-8-20(21)25)19(9-14-5-3-2-4-6-14)16-10-17(13-18(24)11-16)23(28,29)22(26)27;1-2/h2-8,10-13,19,22H,9H2,1H3;2H,1H2/t19-;/m1./s1. The van der Waals surface area contributed by atoms with Gasteiger partial charge in [-0.25, -0.2) is 17.6 Å². The van der Waals surface area contributed by atoms with Gasteiger partial charge in [0.1, 0.15) is 5.82 Å². The molecule has 1 N–H and O–H groups in total. The van der Waals surface area contributed by atoms with Crippen LogP contribution in [0.5, 0.6) is 5.75 Å². The highest BCUT2D eigenvalue weighted by Crippen LogP contribution is 2.38. The van der Waals surface area contributed by atoms with Gasteiger partial charge in [0.2, 0.25) is 0 Å². The smallest absolute Gasteiger partial charge is 0.332 e. The highest BCUT2D eigenvalue weighted by Gasteiger charge is 2.43. The number of alkyl halides is 4. The average molecular weight is 453 g/mol. The number of rotatable bonds is 7. The van der Waals surface area contributed by atoms with Gasteiger partial charge < -0.3 is 10.1 Å². The summed E-state index contributed by atoms with van der Waals surface area (Å²) >= 11 is 0. The van der Waals surface area contributed by atoms with Crippen LogP contribution in [0.4, 0.5) is 26.3 Å². The summed E-state index contributed by atoms with van der Waals surface area (Å²) in [7, 11) is 1.28. The van der Waals surface area contributed by atoms with E-state index < -0.39 is 35.5 Å². The van der Waals surface area contributed by atoms with Gasteiger partial charge in [-0.1, -0.05) is 36.4 Å². The van der Waals surface area contributed by atoms with Crippen molar-refractivity contribution in [3.8, 4) is 5.75 Å². The van der Waals surface area contributed by atoms with E-state index in [4.69, 9.17) is 10.1 Å². The van der Waals surface area contributed by atoms with Crippen molar-refractivity contribution < 1.29 is 31.1 Å². The quantitative estimate of drug-likeness (QED) is 0.304. The van der Waals surface area contributed by atoms with Crippen LogP contribution in [0.15, 0.2) is 66.7 Å². The molecule has 0 spiro atoms. The summed E-state index contributed by atoms with van der Waals surface area (Å²) in [5.74, 6) is -6.96. The molecule has 0 heterocycles. The lowest BCUT2D eigenvalue weighted by molar-refractivity contribution is -0.135. The molecule has 3 rings (SSSR count). The van der Waals surface area contributed by atoms with Gasteiger partial charge in [0.15, 0.2) is 11.6 Å². The molecule has 0 saturated carbocycles. The Labute approximate surface area is 182 Å². The predicted molar refractivity (Wildman–Crippen MR) is 111 cm³/mol. The van der Waals surface area contributed by atoms with Crippen LogP contribution in [-0.2, 0) is 12.3 Å². The third-order valence-corrected chi connectivity index (χ3v) is 4.84. The summed E-state index contributed by atoms with van der Waals surface area (Å²) in [6.45, 7) is 2.50. The Morgan fingerprint density at radius 3 is 2.16 bits per heavy atom. The Morgan fingerprint density at radius 2 is 1.56 bits per heavy atom. The first-order valence-corrected chi connectivity index (χ1v) is 9.42. The second-order valence-electron chi connectivity index (χ2n) is 6.83. The van der Waals surface area contributed by atoms with Crippen molar-refractivity contribution in [2.45, 2.75) is 24.7 Å². The molecule has 0 aliphatic carbocycles. The second-order valence-corrected chi connectivity index (χ2v) is 6.83. The SMILES string of the molecule is C=N.COc1cc([C@@H](Cc2ccccc2)c2cc(F)cc(C(F)(F)C(F)F)c2)ccc1F. The van der Waals surface area contributed by atoms with Crippen LogP contribution in [0.1, 0.15) is 28.2 Å². The fourth-order valence-electron chi connectivity index (χ4n) is 3.30. The molecule has 0 amide bonds. The molecule has 32 heavy (non-hydrogen) atoms. The highest BCUT2D eigenvalue weighted by molar-refractivity contribution is 5.42. The Balaban J connectivity index is 0.00000176. The van der Waals surface area contributed by atoms with Crippen molar-refractivity contribution in [1.29, 1.82) is 5.41 Å². The predicted octanol–water partition coefficient (Wildman–Crippen LogP) is 6.97. The number of benzene rings is 3. The second kappa shape index (κ2) is 10.8. The average Bonchev–Trinajstić information content (AvgIpc) is 2.79. The van der Waals surface area contributed by atoms with Gasteiger partial charge >= 0.3 is 12.3 Å². The molecular formula is C24H21F6NO. The first-order chi connectivity index (χ1) is 15.2. The molecule has 0 saturated heterocycles. The zero-order valence-electron chi connectivity index (χ0n) is 17.1. The highest BCUT2D eigenvalue weighted by atomic mass is 19.3. The van der Waals surface area contributed by atoms with E-state index in [9.17, 15) is 26.3 Å². The molecule has 8 heteroatoms. The van der Waals surface area contributed by atoms with Crippen molar-refractivity contribution in [3.63, 3.8) is 0 Å². The maximum atomic E-state index is 14.2. The molecule has 3 aromatic rings. The summed E-state index contributed by atoms with van der Waals surface area (Å²) in [4.78, 5) is 0. The number of ether oxygens (including phenoxy) is 1. The van der Waals surface area contributed by atoms with Gasteiger partial charge in [-0.15, -0.1) is 0 Å². The Kier molecular flexibility index (Phi) is 8.46. The minimum Gasteiger partial charge on any atom is -0.494 e. The first kappa shape index (κ1) is 25.0. The van der Waals surface area contributed by atoms with Gasteiger partial charge in [-0.2, -0.15) is 8.78 Å². The summed E-state index contributed by atoms with van der Waals surface area (Å²) < 4.78 is 86.6. The van der Waals surface area contributed by atoms with Crippen LogP contribution < -0.4 is 4.74 Å². The van der Waals surface area contributed by atoms with E-state index in [0.29, 0.717) is 11.6 Å². The molecule has 0 radical (unpaired) electrons. The molecule has 0 aliphatic rings. The van der Waals surface area contributed by atoms with Crippen molar-refractivity contribution in [3.05, 3.63) is 101 Å². The number of nitrogens with one attached hydrogen (secondary N) is 1. The first-order valence-electron chi connectivity index (χ1n) is 9.42. The Bertz CT molecular complexity index is 1030. The molecule has 0 aliphatic heterocycles. The summed E-state index contributed by atoms with van der Waals surface area (Å²) in [6.07, 6.45) is -3.73. The van der Waals surface area contributed by atoms with E-state index in [1.807, 2.05) is 0 Å². The van der Waals surface area contributed by atoms with Crippen LogP contribution in [-0.4, -0.2) is 20.3 Å². The minimum absolute atomic E-state index is 0.0694. The molecule has 0 fully saturated rings. The molecule has 0 aromatic heterocycles. The normalized spacial score (nSPS) is 12.1. The molecule has 2 nitrogen and oxygen atoms in total. The summed E-state index contributed by atoms with van der Waals surface area (Å²) in [6, 6.07) is 15.2. The van der Waals surface area contributed by atoms with Crippen molar-refractivity contribution in [2.75, 3.05) is 7.11 Å². The van der Waals surface area contributed by atoms with Crippen LogP contribution in [0.25, 0.3) is 0 Å². The number of halogens is 6. The van der Waals surface area contributed by atoms with Crippen LogP contribution in [0, 0.1) is 17.0 Å². The number of methoxy groups -OCH3 is 1. The largest absolute Gasteiger partial charge is 0.494 e. The molecule has 0 bridgehead atoms. The van der Waals surface area contributed by atoms with E-state index >= 15 is 0 Å². The monoisotopic (exact) mass is 453 g/mol. The van der Waals surface area contributed by atoms with Gasteiger partial charge in [-0.3, -0.25) is 0 Å². The van der Waals surface area contributed by atoms with E-state index in [2.05, 4.69) is 6.72 Å². The number of hydrogen-bond acceptors (Lipinski definition) is 2. The van der Waals surface area contributed by atoms with E-state index in [1.165, 1.54) is 19.2 Å². The fraction of sp³-hybridized carbons (Fsp3) is 0.208. The maximum Gasteiger partial charge on any atom is 0.332 e. The van der Waals surface area contributed by atoms with Crippen molar-refractivity contribution in [1.82, 2.24) is 0 Å². The Morgan fingerprint density at radius 1 is 0.906 bits per heavy atom. The summed E-state index contributed by atoms with van der Waals surface area (Å²) in [5, 5.41) is 5.50. The van der Waals surface area contributed by atoms with Crippen molar-refractivity contribution in [2.24, 2.45) is 0 Å². The van der Waals surface area contributed by atoms with Crippen LogP contribution in [0.3, 0.4) is 0 Å². The lowest BCUT2D eigenvalue weighted by atomic mass is 9.84. The maximum absolute atomic E-state index is 14.2. The third-order valence-electron chi connectivity index (χ3n) is 4.84. The zero-order valence-corrected chi connectivity index (χ0v) is 17.1. The summed E-state index contributed by atoms with van der Waals surface area (Å²) in [5.41, 5.74) is 0.230. The number of hydrogen-bond donors (Lipinski definition) is 1. The van der Waals surface area contributed by atoms with Crippen LogP contribution in [0.2, 0.25) is 0 Å². The fourth-order valence-corrected chi connectivity index (χ4v) is 3.30. The molecular weight excluding hydrogens is 432 g/mol. The van der Waals surface area contributed by atoms with E-state index in [-0.39, 0.29) is 17.7 Å². The van der Waals surface area contributed by atoms with Gasteiger partial charge in [0.05, 0.1) is 7.11 Å². The van der Waals surface area contributed by atoms with E-state index in [0.717, 1.165) is 23.8 Å². The molecule has 0 unspecified atom stereocenters. The zero-order chi connectivity index (χ0) is 23.9.